The molecular weight excluding hydrogens is 376 g/mol. The Balaban J connectivity index is 1.88. The summed E-state index contributed by atoms with van der Waals surface area (Å²) >= 11 is 0. The molecule has 4 rings (SSSR count). The summed E-state index contributed by atoms with van der Waals surface area (Å²) in [5.41, 5.74) is 4.34. The minimum Gasteiger partial charge on any atom is -0.496 e. The molecule has 3 aromatic rings. The van der Waals surface area contributed by atoms with Crippen molar-refractivity contribution in [2.24, 2.45) is 0 Å². The van der Waals surface area contributed by atoms with Gasteiger partial charge in [-0.05, 0) is 55.3 Å². The van der Waals surface area contributed by atoms with E-state index in [9.17, 15) is 9.59 Å². The number of hydrogen-bond donors (Lipinski definition) is 1. The van der Waals surface area contributed by atoms with E-state index in [1.807, 2.05) is 74.5 Å². The number of carbonyl (C=O) groups excluding carboxylic acids is 2. The highest BCUT2D eigenvalue weighted by atomic mass is 16.5. The molecule has 0 aliphatic carbocycles. The largest absolute Gasteiger partial charge is 0.496 e. The van der Waals surface area contributed by atoms with Gasteiger partial charge in [-0.1, -0.05) is 42.5 Å². The third-order valence-corrected chi connectivity index (χ3v) is 4.97. The molecule has 1 N–H and O–H groups in total. The second-order valence-electron chi connectivity index (χ2n) is 7.23. The molecule has 2 amide bonds. The van der Waals surface area contributed by atoms with Gasteiger partial charge in [0.1, 0.15) is 11.4 Å². The number of benzene rings is 3. The quantitative estimate of drug-likeness (QED) is 0.633. The van der Waals surface area contributed by atoms with Crippen LogP contribution in [0.1, 0.15) is 16.7 Å². The summed E-state index contributed by atoms with van der Waals surface area (Å²) in [7, 11) is 1.55. The van der Waals surface area contributed by atoms with Gasteiger partial charge in [-0.3, -0.25) is 9.59 Å². The molecule has 5 heteroatoms. The maximum Gasteiger partial charge on any atom is 0.282 e. The van der Waals surface area contributed by atoms with Gasteiger partial charge in [0.05, 0.1) is 18.4 Å². The summed E-state index contributed by atoms with van der Waals surface area (Å²) in [6.07, 6.45) is 0. The summed E-state index contributed by atoms with van der Waals surface area (Å²) in [6.45, 7) is 3.89. The van der Waals surface area contributed by atoms with Gasteiger partial charge in [0.15, 0.2) is 0 Å². The van der Waals surface area contributed by atoms with Crippen LogP contribution in [-0.4, -0.2) is 18.9 Å². The first-order chi connectivity index (χ1) is 14.5. The van der Waals surface area contributed by atoms with E-state index >= 15 is 0 Å². The fourth-order valence-corrected chi connectivity index (χ4v) is 3.73. The Morgan fingerprint density at radius 1 is 0.800 bits per heavy atom. The lowest BCUT2D eigenvalue weighted by Crippen LogP contribution is -2.32. The van der Waals surface area contributed by atoms with Gasteiger partial charge in [0.25, 0.3) is 11.8 Å². The van der Waals surface area contributed by atoms with Crippen molar-refractivity contribution in [1.82, 2.24) is 0 Å². The van der Waals surface area contributed by atoms with E-state index in [2.05, 4.69) is 5.32 Å². The smallest absolute Gasteiger partial charge is 0.282 e. The monoisotopic (exact) mass is 398 g/mol. The summed E-state index contributed by atoms with van der Waals surface area (Å²) in [5, 5.41) is 3.16. The normalized spacial score (nSPS) is 13.8. The van der Waals surface area contributed by atoms with Gasteiger partial charge in [0, 0.05) is 11.3 Å². The number of para-hydroxylation sites is 2. The van der Waals surface area contributed by atoms with Crippen LogP contribution in [0.2, 0.25) is 0 Å². The Bertz CT molecular complexity index is 1150. The molecule has 0 unspecified atom stereocenters. The van der Waals surface area contributed by atoms with Gasteiger partial charge >= 0.3 is 0 Å². The molecule has 3 aromatic carbocycles. The number of carbonyl (C=O) groups is 2. The number of nitrogens with one attached hydrogen (secondary N) is 1. The van der Waals surface area contributed by atoms with E-state index in [4.69, 9.17) is 4.74 Å². The summed E-state index contributed by atoms with van der Waals surface area (Å²) in [6, 6.07) is 22.2. The van der Waals surface area contributed by atoms with Crippen molar-refractivity contribution >= 4 is 28.8 Å². The van der Waals surface area contributed by atoms with Crippen molar-refractivity contribution in [3.8, 4) is 5.75 Å². The lowest BCUT2D eigenvalue weighted by atomic mass is 10.0. The zero-order valence-electron chi connectivity index (χ0n) is 17.1. The number of imide groups is 1. The number of methoxy groups -OCH3 is 1. The van der Waals surface area contributed by atoms with Gasteiger partial charge in [0.2, 0.25) is 0 Å². The third kappa shape index (κ3) is 3.46. The average molecular weight is 398 g/mol. The summed E-state index contributed by atoms with van der Waals surface area (Å²) in [5.74, 6) is -0.244. The Hall–Kier alpha value is -3.86. The van der Waals surface area contributed by atoms with Gasteiger partial charge in [-0.25, -0.2) is 4.90 Å². The average Bonchev–Trinajstić information content (AvgIpc) is 2.97. The van der Waals surface area contributed by atoms with Crippen LogP contribution in [0.3, 0.4) is 0 Å². The zero-order valence-corrected chi connectivity index (χ0v) is 17.1. The molecule has 0 spiro atoms. The third-order valence-electron chi connectivity index (χ3n) is 4.97. The van der Waals surface area contributed by atoms with Crippen LogP contribution in [0.4, 0.5) is 11.4 Å². The molecule has 0 atom stereocenters. The zero-order chi connectivity index (χ0) is 21.3. The van der Waals surface area contributed by atoms with Crippen LogP contribution in [0.15, 0.2) is 78.5 Å². The van der Waals surface area contributed by atoms with E-state index in [1.54, 1.807) is 19.2 Å². The molecule has 1 aliphatic heterocycles. The van der Waals surface area contributed by atoms with E-state index in [0.717, 1.165) is 16.8 Å². The Morgan fingerprint density at radius 2 is 1.43 bits per heavy atom. The molecule has 0 saturated carbocycles. The second kappa shape index (κ2) is 7.87. The number of amides is 2. The molecule has 0 fully saturated rings. The van der Waals surface area contributed by atoms with Gasteiger partial charge in [-0.15, -0.1) is 0 Å². The predicted molar refractivity (Wildman–Crippen MR) is 118 cm³/mol. The molecule has 30 heavy (non-hydrogen) atoms. The predicted octanol–water partition coefficient (Wildman–Crippen LogP) is 4.71. The Labute approximate surface area is 175 Å². The first-order valence-electron chi connectivity index (χ1n) is 9.66. The van der Waals surface area contributed by atoms with Crippen molar-refractivity contribution in [2.45, 2.75) is 13.8 Å². The Morgan fingerprint density at radius 3 is 2.10 bits per heavy atom. The highest BCUT2D eigenvalue weighted by Gasteiger charge is 2.41. The topological polar surface area (TPSA) is 58.6 Å². The molecule has 150 valence electrons. The molecule has 0 aromatic heterocycles. The molecule has 0 bridgehead atoms. The maximum atomic E-state index is 13.6. The lowest BCUT2D eigenvalue weighted by Gasteiger charge is -2.17. The van der Waals surface area contributed by atoms with Crippen LogP contribution in [0, 0.1) is 13.8 Å². The van der Waals surface area contributed by atoms with Crippen LogP contribution in [0.5, 0.6) is 5.75 Å². The van der Waals surface area contributed by atoms with Crippen molar-refractivity contribution in [2.75, 3.05) is 17.3 Å². The minimum absolute atomic E-state index is 0.231. The standard InChI is InChI=1S/C25H22N2O3/c1-16-13-17(2)15-19(14-16)27-24(28)22(20-11-7-8-12-21(20)30-3)23(25(27)29)26-18-9-5-4-6-10-18/h4-15,26H,1-3H3. The molecule has 0 radical (unpaired) electrons. The van der Waals surface area contributed by atoms with Crippen molar-refractivity contribution < 1.29 is 14.3 Å². The number of hydrogen-bond acceptors (Lipinski definition) is 4. The number of rotatable bonds is 5. The SMILES string of the molecule is COc1ccccc1C1=C(Nc2ccccc2)C(=O)N(c2cc(C)cc(C)c2)C1=O. The first-order valence-corrected chi connectivity index (χ1v) is 9.66. The molecular formula is C25H22N2O3. The number of nitrogens with zero attached hydrogens (tertiary/aromatic N) is 1. The van der Waals surface area contributed by atoms with E-state index in [0.29, 0.717) is 22.6 Å². The minimum atomic E-state index is -0.394. The first kappa shape index (κ1) is 19.5. The molecule has 1 aliphatic rings. The molecule has 1 heterocycles. The van der Waals surface area contributed by atoms with Gasteiger partial charge in [-0.2, -0.15) is 0 Å². The molecule has 5 nitrogen and oxygen atoms in total. The van der Waals surface area contributed by atoms with Crippen LogP contribution >= 0.6 is 0 Å². The summed E-state index contributed by atoms with van der Waals surface area (Å²) in [4.78, 5) is 28.3. The van der Waals surface area contributed by atoms with E-state index in [1.165, 1.54) is 4.90 Å². The number of anilines is 2. The van der Waals surface area contributed by atoms with Crippen molar-refractivity contribution in [1.29, 1.82) is 0 Å². The van der Waals surface area contributed by atoms with E-state index in [-0.39, 0.29) is 11.6 Å². The second-order valence-corrected chi connectivity index (χ2v) is 7.23. The Kier molecular flexibility index (Phi) is 5.11. The highest BCUT2D eigenvalue weighted by Crippen LogP contribution is 2.37. The van der Waals surface area contributed by atoms with E-state index < -0.39 is 5.91 Å². The number of ether oxygens (including phenoxy) is 1. The van der Waals surface area contributed by atoms with Crippen molar-refractivity contribution in [3.63, 3.8) is 0 Å². The van der Waals surface area contributed by atoms with Gasteiger partial charge < -0.3 is 10.1 Å². The van der Waals surface area contributed by atoms with Crippen LogP contribution in [0.25, 0.3) is 5.57 Å². The fraction of sp³-hybridized carbons (Fsp3) is 0.120. The number of aryl methyl sites for hydroxylation is 2. The fourth-order valence-electron chi connectivity index (χ4n) is 3.73. The van der Waals surface area contributed by atoms with Crippen molar-refractivity contribution in [3.05, 3.63) is 95.2 Å². The highest BCUT2D eigenvalue weighted by molar-refractivity contribution is 6.46. The van der Waals surface area contributed by atoms with Crippen LogP contribution in [-0.2, 0) is 9.59 Å². The molecule has 0 saturated heterocycles. The summed E-state index contributed by atoms with van der Waals surface area (Å²) < 4.78 is 5.48. The van der Waals surface area contributed by atoms with Crippen LogP contribution < -0.4 is 15.0 Å². The maximum absolute atomic E-state index is 13.6. The lowest BCUT2D eigenvalue weighted by molar-refractivity contribution is -0.120.